The lowest BCUT2D eigenvalue weighted by Gasteiger charge is -2.47. The molecular weight excluding hydrogens is 628 g/mol. The van der Waals surface area contributed by atoms with Gasteiger partial charge in [-0.05, 0) is 92.8 Å². The second-order valence-electron chi connectivity index (χ2n) is 15.6. The number of ether oxygens (including phenoxy) is 6. The van der Waals surface area contributed by atoms with Gasteiger partial charge in [-0.2, -0.15) is 0 Å². The first-order valence-corrected chi connectivity index (χ1v) is 19.1. The number of hydrogen-bond donors (Lipinski definition) is 3. The molecule has 11 nitrogen and oxygen atoms in total. The minimum atomic E-state index is -0.888. The second kappa shape index (κ2) is 20.4. The van der Waals surface area contributed by atoms with Crippen LogP contribution in [0, 0.1) is 23.7 Å². The van der Waals surface area contributed by atoms with Crippen molar-refractivity contribution in [2.45, 2.75) is 188 Å². The summed E-state index contributed by atoms with van der Waals surface area (Å²) in [6.07, 6.45) is -1.08. The van der Waals surface area contributed by atoms with E-state index in [1.807, 2.05) is 34.6 Å². The molecule has 0 saturated carbocycles. The third-order valence-electron chi connectivity index (χ3n) is 11.0. The summed E-state index contributed by atoms with van der Waals surface area (Å²) in [6, 6.07) is 0.518. The van der Waals surface area contributed by atoms with Gasteiger partial charge in [0.1, 0.15) is 12.2 Å². The quantitative estimate of drug-likeness (QED) is 0.305. The molecule has 0 radical (unpaired) electrons. The Bertz CT molecular complexity index is 958. The van der Waals surface area contributed by atoms with Crippen molar-refractivity contribution in [2.24, 2.45) is 23.7 Å². The van der Waals surface area contributed by atoms with Gasteiger partial charge in [0.15, 0.2) is 12.6 Å². The van der Waals surface area contributed by atoms with Crippen molar-refractivity contribution in [1.82, 2.24) is 10.2 Å². The number of aliphatic hydroxyl groups excluding tert-OH is 2. The van der Waals surface area contributed by atoms with Gasteiger partial charge in [0, 0.05) is 38.0 Å². The third kappa shape index (κ3) is 12.3. The maximum atomic E-state index is 13.9. The van der Waals surface area contributed by atoms with Crippen LogP contribution in [-0.4, -0.2) is 122 Å². The highest BCUT2D eigenvalue weighted by Gasteiger charge is 2.48. The largest absolute Gasteiger partial charge is 0.459 e. The van der Waals surface area contributed by atoms with Crippen molar-refractivity contribution in [3.05, 3.63) is 0 Å². The molecule has 3 N–H and O–H groups in total. The van der Waals surface area contributed by atoms with E-state index in [1.165, 1.54) is 0 Å². The summed E-state index contributed by atoms with van der Waals surface area (Å²) in [5.74, 6) is -1.15. The molecule has 3 saturated heterocycles. The van der Waals surface area contributed by atoms with Gasteiger partial charge in [-0.1, -0.05) is 41.5 Å². The lowest BCUT2D eigenvalue weighted by molar-refractivity contribution is -0.303. The first kappa shape index (κ1) is 44.3. The van der Waals surface area contributed by atoms with E-state index < -0.39 is 60.6 Å². The van der Waals surface area contributed by atoms with Gasteiger partial charge in [0.2, 0.25) is 0 Å². The molecule has 290 valence electrons. The first-order chi connectivity index (χ1) is 23.0. The molecule has 0 spiro atoms. The fraction of sp³-hybridized carbons (Fsp3) is 0.974. The van der Waals surface area contributed by atoms with E-state index in [0.29, 0.717) is 18.9 Å². The number of methoxy groups -OCH3 is 1. The Kier molecular flexibility index (Phi) is 18.4. The van der Waals surface area contributed by atoms with Gasteiger partial charge in [-0.15, -0.1) is 0 Å². The number of cyclic esters (lactones) is 1. The van der Waals surface area contributed by atoms with Gasteiger partial charge in [-0.3, -0.25) is 4.79 Å². The lowest BCUT2D eigenvalue weighted by Crippen LogP contribution is -2.57. The molecule has 0 amide bonds. The Morgan fingerprint density at radius 2 is 1.55 bits per heavy atom. The zero-order valence-corrected chi connectivity index (χ0v) is 33.3. The molecule has 0 aromatic heterocycles. The van der Waals surface area contributed by atoms with Crippen LogP contribution in [-0.2, 0) is 33.2 Å². The summed E-state index contributed by atoms with van der Waals surface area (Å²) in [5, 5.41) is 25.6. The smallest absolute Gasteiger partial charge is 0.311 e. The van der Waals surface area contributed by atoms with Crippen LogP contribution in [0.1, 0.15) is 115 Å². The number of nitrogens with zero attached hydrogens (tertiary/aromatic N) is 1. The molecule has 0 bridgehead atoms. The minimum Gasteiger partial charge on any atom is -0.459 e. The molecule has 3 fully saturated rings. The van der Waals surface area contributed by atoms with Crippen molar-refractivity contribution in [1.29, 1.82) is 0 Å². The van der Waals surface area contributed by atoms with Gasteiger partial charge >= 0.3 is 5.97 Å². The highest BCUT2D eigenvalue weighted by molar-refractivity contribution is 5.73. The molecule has 11 heteroatoms. The van der Waals surface area contributed by atoms with Gasteiger partial charge in [0.25, 0.3) is 0 Å². The number of aliphatic hydroxyl groups is 2. The summed E-state index contributed by atoms with van der Waals surface area (Å²) in [6.45, 7) is 22.8. The fourth-order valence-electron chi connectivity index (χ4n) is 7.84. The lowest BCUT2D eigenvalue weighted by atomic mass is 9.81. The zero-order chi connectivity index (χ0) is 37.2. The fourth-order valence-corrected chi connectivity index (χ4v) is 7.84. The number of rotatable bonds is 7. The summed E-state index contributed by atoms with van der Waals surface area (Å²) in [7, 11) is 5.77. The topological polar surface area (TPSA) is 128 Å². The van der Waals surface area contributed by atoms with Crippen molar-refractivity contribution in [2.75, 3.05) is 27.7 Å². The molecule has 0 aromatic rings. The Hall–Kier alpha value is -0.890. The van der Waals surface area contributed by atoms with Crippen molar-refractivity contribution >= 4 is 5.97 Å². The number of carbonyl (C=O) groups is 1. The highest BCUT2D eigenvalue weighted by Crippen LogP contribution is 2.38. The normalized spacial score (nSPS) is 45.0. The maximum absolute atomic E-state index is 13.9. The number of carbonyl (C=O) groups excluding carboxylic acids is 1. The molecule has 3 heterocycles. The van der Waals surface area contributed by atoms with Crippen LogP contribution in [0.3, 0.4) is 0 Å². The van der Waals surface area contributed by atoms with E-state index in [9.17, 15) is 15.0 Å². The summed E-state index contributed by atoms with van der Waals surface area (Å²) >= 11 is 0. The Morgan fingerprint density at radius 3 is 2.14 bits per heavy atom. The molecule has 3 aliphatic rings. The number of hydrogen-bond acceptors (Lipinski definition) is 11. The standard InChI is InChI=1S/C36H68N2O9.C2H6/c1-13-29-28(39)14-20(2)19-37-22(4)15-21(3)32(46-30-17-27(38(10)11)16-23(5)43-30)24(6)33(25(7)35(41)45-29)47-31-18-36(9,42-12)34(40)26(8)44-31;1-2/h20-34,37,39-40H,13-19H2,1-12H3;1-2H3/t20-,21?,22-,23?,24?,25?,26+,27?,28?,29?,30?,31?,32+,33?,34?,36-;/m1./s1. The van der Waals surface area contributed by atoms with Crippen LogP contribution in [0.4, 0.5) is 0 Å². The van der Waals surface area contributed by atoms with E-state index >= 15 is 0 Å². The van der Waals surface area contributed by atoms with Gasteiger partial charge in [0.05, 0.1) is 42.0 Å². The summed E-state index contributed by atoms with van der Waals surface area (Å²) < 4.78 is 38.1. The van der Waals surface area contributed by atoms with E-state index in [0.717, 1.165) is 25.8 Å². The van der Waals surface area contributed by atoms with E-state index in [2.05, 4.69) is 58.9 Å². The molecule has 0 aromatic carbocycles. The summed E-state index contributed by atoms with van der Waals surface area (Å²) in [5.41, 5.74) is -0.888. The van der Waals surface area contributed by atoms with Crippen molar-refractivity contribution in [3.63, 3.8) is 0 Å². The van der Waals surface area contributed by atoms with E-state index in [-0.39, 0.29) is 42.4 Å². The SMILES string of the molecule is CC.CCC1OC(=O)C(C)C(OC2C[C@@](C)(OC)C(O)[C@H](C)O2)C(C)[C@@H](OC2CC(N(C)C)CC(C)O2)C(C)C[C@@H](C)NC[C@H](C)CC1O. The Morgan fingerprint density at radius 1 is 0.918 bits per heavy atom. The second-order valence-corrected chi connectivity index (χ2v) is 15.6. The predicted octanol–water partition coefficient (Wildman–Crippen LogP) is 5.14. The molecule has 3 aliphatic heterocycles. The van der Waals surface area contributed by atoms with Crippen molar-refractivity contribution < 1.29 is 43.4 Å². The molecule has 0 aliphatic carbocycles. The monoisotopic (exact) mass is 703 g/mol. The van der Waals surface area contributed by atoms with Gasteiger partial charge in [-0.25, -0.2) is 0 Å². The van der Waals surface area contributed by atoms with Crippen LogP contribution in [0.5, 0.6) is 0 Å². The van der Waals surface area contributed by atoms with Crippen molar-refractivity contribution in [3.8, 4) is 0 Å². The number of esters is 1. The Labute approximate surface area is 298 Å². The Balaban J connectivity index is 0.00000409. The third-order valence-corrected chi connectivity index (χ3v) is 11.0. The highest BCUT2D eigenvalue weighted by atomic mass is 16.7. The predicted molar refractivity (Wildman–Crippen MR) is 192 cm³/mol. The van der Waals surface area contributed by atoms with Crippen LogP contribution < -0.4 is 5.32 Å². The average molecular weight is 703 g/mol. The van der Waals surface area contributed by atoms with Gasteiger partial charge < -0.3 is 48.9 Å². The average Bonchev–Trinajstić information content (AvgIpc) is 3.05. The van der Waals surface area contributed by atoms with Crippen LogP contribution >= 0.6 is 0 Å². The molecule has 3 rings (SSSR count). The minimum absolute atomic E-state index is 0.0460. The zero-order valence-electron chi connectivity index (χ0n) is 33.3. The van der Waals surface area contributed by atoms with E-state index in [1.54, 1.807) is 14.0 Å². The molecular formula is C38H74N2O9. The van der Waals surface area contributed by atoms with Crippen LogP contribution in [0.2, 0.25) is 0 Å². The maximum Gasteiger partial charge on any atom is 0.311 e. The van der Waals surface area contributed by atoms with Crippen LogP contribution in [0.25, 0.3) is 0 Å². The van der Waals surface area contributed by atoms with E-state index in [4.69, 9.17) is 28.4 Å². The summed E-state index contributed by atoms with van der Waals surface area (Å²) in [4.78, 5) is 16.2. The first-order valence-electron chi connectivity index (χ1n) is 19.1. The number of nitrogens with one attached hydrogen (secondary N) is 1. The molecule has 49 heavy (non-hydrogen) atoms. The molecule has 11 unspecified atom stereocenters. The van der Waals surface area contributed by atoms with Crippen LogP contribution in [0.15, 0.2) is 0 Å². The molecule has 16 atom stereocenters.